The molecule has 2 N–H and O–H groups in total. The maximum absolute atomic E-state index is 12.7. The number of carbonyl (C=O) groups is 1. The van der Waals surface area contributed by atoms with Crippen LogP contribution in [0.1, 0.15) is 12.8 Å². The van der Waals surface area contributed by atoms with E-state index in [0.717, 1.165) is 19.5 Å². The first-order valence-corrected chi connectivity index (χ1v) is 9.08. The molecule has 1 aromatic carbocycles. The van der Waals surface area contributed by atoms with Gasteiger partial charge in [0.05, 0.1) is 4.90 Å². The summed E-state index contributed by atoms with van der Waals surface area (Å²) in [5, 5.41) is 6.05. The summed E-state index contributed by atoms with van der Waals surface area (Å²) in [4.78, 5) is 12.6. The Balaban J connectivity index is 1.70. The maximum atomic E-state index is 12.7. The molecule has 22 heavy (non-hydrogen) atoms. The summed E-state index contributed by atoms with van der Waals surface area (Å²) in [6.07, 6.45) is 1.30. The molecule has 1 amide bonds. The van der Waals surface area contributed by atoms with Gasteiger partial charge in [-0.05, 0) is 25.0 Å². The minimum Gasteiger partial charge on any atom is -0.354 e. The molecule has 1 aromatic rings. The van der Waals surface area contributed by atoms with Crippen molar-refractivity contribution in [3.8, 4) is 0 Å². The summed E-state index contributed by atoms with van der Waals surface area (Å²) >= 11 is 0. The zero-order valence-electron chi connectivity index (χ0n) is 12.4. The zero-order valence-corrected chi connectivity index (χ0v) is 13.2. The van der Waals surface area contributed by atoms with Gasteiger partial charge in [0.1, 0.15) is 6.04 Å². The number of nitrogens with zero attached hydrogens (tertiary/aromatic N) is 1. The van der Waals surface area contributed by atoms with Crippen LogP contribution in [0.5, 0.6) is 0 Å². The van der Waals surface area contributed by atoms with E-state index in [9.17, 15) is 13.2 Å². The molecule has 1 unspecified atom stereocenters. The van der Waals surface area contributed by atoms with Crippen molar-refractivity contribution < 1.29 is 13.2 Å². The molecular formula is C15H21N3O3S. The highest BCUT2D eigenvalue weighted by Gasteiger charge is 2.39. The van der Waals surface area contributed by atoms with Crippen molar-refractivity contribution in [1.29, 1.82) is 0 Å². The number of hydrogen-bond acceptors (Lipinski definition) is 4. The first-order chi connectivity index (χ1) is 10.6. The lowest BCUT2D eigenvalue weighted by atomic mass is 10.0. The van der Waals surface area contributed by atoms with Crippen LogP contribution in [-0.4, -0.2) is 50.9 Å². The van der Waals surface area contributed by atoms with Gasteiger partial charge in [0.25, 0.3) is 0 Å². The van der Waals surface area contributed by atoms with Crippen molar-refractivity contribution in [2.45, 2.75) is 23.8 Å². The highest BCUT2D eigenvalue weighted by atomic mass is 32.2. The molecule has 0 bridgehead atoms. The van der Waals surface area contributed by atoms with Gasteiger partial charge >= 0.3 is 0 Å². The highest BCUT2D eigenvalue weighted by Crippen LogP contribution is 2.26. The number of nitrogens with one attached hydrogen (secondary N) is 2. The second-order valence-corrected chi connectivity index (χ2v) is 7.75. The van der Waals surface area contributed by atoms with Crippen LogP contribution in [0, 0.1) is 5.92 Å². The average molecular weight is 323 g/mol. The third-order valence-corrected chi connectivity index (χ3v) is 6.21. The highest BCUT2D eigenvalue weighted by molar-refractivity contribution is 7.89. The zero-order chi connectivity index (χ0) is 15.6. The van der Waals surface area contributed by atoms with Gasteiger partial charge in [0, 0.05) is 32.1 Å². The van der Waals surface area contributed by atoms with E-state index >= 15 is 0 Å². The van der Waals surface area contributed by atoms with Gasteiger partial charge in [-0.1, -0.05) is 18.2 Å². The average Bonchev–Trinajstić information content (AvgIpc) is 2.96. The van der Waals surface area contributed by atoms with E-state index in [1.807, 2.05) is 0 Å². The summed E-state index contributed by atoms with van der Waals surface area (Å²) in [5.41, 5.74) is 0. The molecule has 0 aromatic heterocycles. The van der Waals surface area contributed by atoms with E-state index in [-0.39, 0.29) is 10.8 Å². The van der Waals surface area contributed by atoms with E-state index in [1.165, 1.54) is 4.31 Å². The Hall–Kier alpha value is -1.44. The predicted octanol–water partition coefficient (Wildman–Crippen LogP) is 0.175. The second-order valence-electron chi connectivity index (χ2n) is 5.86. The largest absolute Gasteiger partial charge is 0.354 e. The Morgan fingerprint density at radius 3 is 2.64 bits per heavy atom. The first-order valence-electron chi connectivity index (χ1n) is 7.64. The van der Waals surface area contributed by atoms with Crippen LogP contribution in [0.25, 0.3) is 0 Å². The molecule has 7 heteroatoms. The standard InChI is InChI=1S/C15H21N3O3S/c19-15(17-11-12-9-16-10-12)14-7-4-8-18(14)22(20,21)13-5-2-1-3-6-13/h1-3,5-6,12,14,16H,4,7-11H2,(H,17,19). The Bertz CT molecular complexity index is 629. The van der Waals surface area contributed by atoms with Crippen molar-refractivity contribution in [2.24, 2.45) is 5.92 Å². The smallest absolute Gasteiger partial charge is 0.243 e. The van der Waals surface area contributed by atoms with Gasteiger partial charge in [0.2, 0.25) is 15.9 Å². The minimum absolute atomic E-state index is 0.177. The Kier molecular flexibility index (Phi) is 4.46. The van der Waals surface area contributed by atoms with Crippen LogP contribution in [0.2, 0.25) is 0 Å². The third kappa shape index (κ3) is 3.02. The Labute approximate surface area is 130 Å². The van der Waals surface area contributed by atoms with Crippen LogP contribution < -0.4 is 10.6 Å². The number of hydrogen-bond donors (Lipinski definition) is 2. The maximum Gasteiger partial charge on any atom is 0.243 e. The minimum atomic E-state index is -3.60. The van der Waals surface area contributed by atoms with Gasteiger partial charge in [-0.15, -0.1) is 0 Å². The Morgan fingerprint density at radius 1 is 1.27 bits per heavy atom. The lowest BCUT2D eigenvalue weighted by Crippen LogP contribution is -2.51. The molecule has 0 saturated carbocycles. The van der Waals surface area contributed by atoms with E-state index < -0.39 is 16.1 Å². The normalized spacial score (nSPS) is 23.2. The molecular weight excluding hydrogens is 302 g/mol. The summed E-state index contributed by atoms with van der Waals surface area (Å²) < 4.78 is 26.7. The molecule has 2 fully saturated rings. The summed E-state index contributed by atoms with van der Waals surface area (Å²) in [6, 6.07) is 7.73. The van der Waals surface area contributed by atoms with Gasteiger partial charge in [0.15, 0.2) is 0 Å². The van der Waals surface area contributed by atoms with Crippen molar-refractivity contribution in [2.75, 3.05) is 26.2 Å². The Morgan fingerprint density at radius 2 is 2.00 bits per heavy atom. The molecule has 120 valence electrons. The van der Waals surface area contributed by atoms with Gasteiger partial charge < -0.3 is 10.6 Å². The summed E-state index contributed by atoms with van der Waals surface area (Å²) in [5.74, 6) is 0.286. The SMILES string of the molecule is O=C(NCC1CNC1)C1CCCN1S(=O)(=O)c1ccccc1. The van der Waals surface area contributed by atoms with Crippen LogP contribution in [0.3, 0.4) is 0 Å². The summed E-state index contributed by atoms with van der Waals surface area (Å²) in [6.45, 7) is 2.84. The second kappa shape index (κ2) is 6.36. The molecule has 3 rings (SSSR count). The van der Waals surface area contributed by atoms with Gasteiger partial charge in [-0.2, -0.15) is 4.31 Å². The molecule has 0 spiro atoms. The number of carbonyl (C=O) groups excluding carboxylic acids is 1. The van der Waals surface area contributed by atoms with Gasteiger partial charge in [-0.3, -0.25) is 4.79 Å². The van der Waals surface area contributed by atoms with Crippen molar-refractivity contribution in [3.63, 3.8) is 0 Å². The molecule has 1 atom stereocenters. The lowest BCUT2D eigenvalue weighted by Gasteiger charge is -2.29. The fourth-order valence-electron chi connectivity index (χ4n) is 2.87. The molecule has 2 aliphatic heterocycles. The predicted molar refractivity (Wildman–Crippen MR) is 82.7 cm³/mol. The van der Waals surface area contributed by atoms with E-state index in [0.29, 0.717) is 25.4 Å². The van der Waals surface area contributed by atoms with Crippen molar-refractivity contribution in [1.82, 2.24) is 14.9 Å². The molecule has 0 aliphatic carbocycles. The van der Waals surface area contributed by atoms with Crippen molar-refractivity contribution in [3.05, 3.63) is 30.3 Å². The molecule has 2 saturated heterocycles. The van der Waals surface area contributed by atoms with Crippen LogP contribution >= 0.6 is 0 Å². The first kappa shape index (κ1) is 15.5. The van der Waals surface area contributed by atoms with E-state index in [2.05, 4.69) is 10.6 Å². The van der Waals surface area contributed by atoms with Crippen LogP contribution in [0.15, 0.2) is 35.2 Å². The topological polar surface area (TPSA) is 78.5 Å². The van der Waals surface area contributed by atoms with E-state index in [4.69, 9.17) is 0 Å². The quantitative estimate of drug-likeness (QED) is 0.810. The van der Waals surface area contributed by atoms with Gasteiger partial charge in [-0.25, -0.2) is 8.42 Å². The lowest BCUT2D eigenvalue weighted by molar-refractivity contribution is -0.124. The molecule has 2 heterocycles. The fourth-order valence-corrected chi connectivity index (χ4v) is 4.55. The number of rotatable bonds is 5. The number of benzene rings is 1. The number of sulfonamides is 1. The van der Waals surface area contributed by atoms with Crippen LogP contribution in [-0.2, 0) is 14.8 Å². The summed E-state index contributed by atoms with van der Waals surface area (Å²) in [7, 11) is -3.60. The third-order valence-electron chi connectivity index (χ3n) is 4.29. The van der Waals surface area contributed by atoms with Crippen LogP contribution in [0.4, 0.5) is 0 Å². The van der Waals surface area contributed by atoms with E-state index in [1.54, 1.807) is 30.3 Å². The molecule has 0 radical (unpaired) electrons. The monoisotopic (exact) mass is 323 g/mol. The molecule has 2 aliphatic rings. The van der Waals surface area contributed by atoms with Crippen molar-refractivity contribution >= 4 is 15.9 Å². The molecule has 6 nitrogen and oxygen atoms in total. The fraction of sp³-hybridized carbons (Fsp3) is 0.533. The number of amides is 1.